The molecule has 0 saturated heterocycles. The first kappa shape index (κ1) is 23.8. The Morgan fingerprint density at radius 3 is 1.56 bits per heavy atom. The van der Waals surface area contributed by atoms with Gasteiger partial charge in [0, 0.05) is 0 Å². The third-order valence-electron chi connectivity index (χ3n) is 6.12. The molecule has 34 heavy (non-hydrogen) atoms. The van der Waals surface area contributed by atoms with Gasteiger partial charge in [-0.05, 0) is 0 Å². The van der Waals surface area contributed by atoms with Gasteiger partial charge in [-0.3, -0.25) is 0 Å². The second-order valence-electron chi connectivity index (χ2n) is 8.33. The van der Waals surface area contributed by atoms with Gasteiger partial charge in [-0.25, -0.2) is 0 Å². The van der Waals surface area contributed by atoms with Gasteiger partial charge < -0.3 is 0 Å². The summed E-state index contributed by atoms with van der Waals surface area (Å²) in [6.07, 6.45) is 4.81. The van der Waals surface area contributed by atoms with Crippen molar-refractivity contribution in [3.8, 4) is 0 Å². The molecule has 0 radical (unpaired) electrons. The van der Waals surface area contributed by atoms with Crippen LogP contribution in [0, 0.1) is 0 Å². The monoisotopic (exact) mass is 507 g/mol. The molecule has 0 amide bonds. The molecule has 170 valence electrons. The van der Waals surface area contributed by atoms with Crippen molar-refractivity contribution < 1.29 is 4.84 Å². The quantitative estimate of drug-likeness (QED) is 0.0851. The fourth-order valence-corrected chi connectivity index (χ4v) is 14.7. The van der Waals surface area contributed by atoms with Crippen molar-refractivity contribution in [2.75, 3.05) is 0 Å². The fourth-order valence-electron chi connectivity index (χ4n) is 4.54. The van der Waals surface area contributed by atoms with Gasteiger partial charge in [0.15, 0.2) is 0 Å². The summed E-state index contributed by atoms with van der Waals surface area (Å²) in [6.45, 7) is 4.40. The number of benzene rings is 4. The molecule has 0 aliphatic rings. The number of oxime groups is 1. The molecule has 0 aliphatic heterocycles. The Labute approximate surface area is 206 Å². The Hall–Kier alpha value is -3.37. The van der Waals surface area contributed by atoms with Crippen LogP contribution in [0.15, 0.2) is 139 Å². The van der Waals surface area contributed by atoms with Crippen molar-refractivity contribution >= 4 is 31.0 Å². The summed E-state index contributed by atoms with van der Waals surface area (Å²) >= 11 is -3.38. The summed E-state index contributed by atoms with van der Waals surface area (Å²) in [5.74, 6) is 0. The standard InChI is InChI=1S/C31H31GeNO/c1-2-3-8-25-31(33-34-26-27-17-9-4-10-18-27)32(28-19-11-5-12-20-28,29-21-13-6-14-22-29)30-23-15-7-16-24-30/h2,4-7,9-24H,1,3,8,25-26H2/b33-31+. The molecule has 0 aromatic heterocycles. The van der Waals surface area contributed by atoms with E-state index in [1.807, 2.05) is 24.3 Å². The first-order valence-corrected chi connectivity index (χ1v) is 16.1. The number of nitrogens with zero attached hydrogens (tertiary/aromatic N) is 1. The maximum absolute atomic E-state index is 6.09. The molecule has 4 rings (SSSR count). The SMILES string of the molecule is C=CCCC/[C](=N\OCc1ccccc1)[Ge]([c]1ccccc1)([c]1ccccc1)[c]1ccccc1. The van der Waals surface area contributed by atoms with Gasteiger partial charge in [0.25, 0.3) is 0 Å². The summed E-state index contributed by atoms with van der Waals surface area (Å²) in [5.41, 5.74) is 1.12. The van der Waals surface area contributed by atoms with Crippen LogP contribution in [0.25, 0.3) is 0 Å². The maximum atomic E-state index is 6.09. The Morgan fingerprint density at radius 2 is 1.12 bits per heavy atom. The van der Waals surface area contributed by atoms with Crippen molar-refractivity contribution in [1.82, 2.24) is 0 Å². The summed E-state index contributed by atoms with van der Waals surface area (Å²) in [6, 6.07) is 43.1. The zero-order valence-electron chi connectivity index (χ0n) is 19.5. The average Bonchev–Trinajstić information content (AvgIpc) is 2.91. The van der Waals surface area contributed by atoms with E-state index in [9.17, 15) is 0 Å². The molecule has 3 heteroatoms. The third kappa shape index (κ3) is 5.40. The molecule has 0 spiro atoms. The third-order valence-corrected chi connectivity index (χ3v) is 16.2. The zero-order chi connectivity index (χ0) is 23.5. The van der Waals surface area contributed by atoms with Crippen molar-refractivity contribution in [3.05, 3.63) is 140 Å². The van der Waals surface area contributed by atoms with Crippen molar-refractivity contribution in [1.29, 1.82) is 0 Å². The van der Waals surface area contributed by atoms with Crippen LogP contribution in [0.1, 0.15) is 24.8 Å². The molecule has 0 saturated carbocycles. The van der Waals surface area contributed by atoms with E-state index in [-0.39, 0.29) is 0 Å². The van der Waals surface area contributed by atoms with E-state index in [1.54, 1.807) is 0 Å². The first-order chi connectivity index (χ1) is 16.9. The van der Waals surface area contributed by atoms with E-state index in [4.69, 9.17) is 9.99 Å². The molecule has 0 fully saturated rings. The number of hydrogen-bond donors (Lipinski definition) is 0. The minimum atomic E-state index is -3.38. The van der Waals surface area contributed by atoms with E-state index >= 15 is 0 Å². The second-order valence-corrected chi connectivity index (χ2v) is 16.3. The van der Waals surface area contributed by atoms with Gasteiger partial charge in [-0.1, -0.05) is 0 Å². The van der Waals surface area contributed by atoms with E-state index in [0.29, 0.717) is 6.61 Å². The van der Waals surface area contributed by atoms with Crippen LogP contribution in [0.3, 0.4) is 0 Å². The summed E-state index contributed by atoms with van der Waals surface area (Å²) in [5, 5.41) is 4.96. The van der Waals surface area contributed by atoms with E-state index in [1.165, 1.54) is 17.7 Å². The molecule has 0 bridgehead atoms. The van der Waals surface area contributed by atoms with Gasteiger partial charge in [0.2, 0.25) is 0 Å². The summed E-state index contributed by atoms with van der Waals surface area (Å²) in [4.78, 5) is 6.09. The van der Waals surface area contributed by atoms with E-state index in [2.05, 4.69) is 110 Å². The number of unbranched alkanes of at least 4 members (excludes halogenated alkanes) is 1. The molecule has 4 aromatic carbocycles. The van der Waals surface area contributed by atoms with Gasteiger partial charge in [0.05, 0.1) is 0 Å². The van der Waals surface area contributed by atoms with E-state index < -0.39 is 13.3 Å². The molecule has 0 N–H and O–H groups in total. The van der Waals surface area contributed by atoms with Gasteiger partial charge in [0.1, 0.15) is 0 Å². The second kappa shape index (κ2) is 12.2. The van der Waals surface area contributed by atoms with Crippen LogP contribution in [0.4, 0.5) is 0 Å². The van der Waals surface area contributed by atoms with Crippen LogP contribution >= 0.6 is 0 Å². The fraction of sp³-hybridized carbons (Fsp3) is 0.129. The number of rotatable bonds is 11. The molecule has 0 aliphatic carbocycles. The van der Waals surface area contributed by atoms with Crippen LogP contribution in [-0.2, 0) is 11.4 Å². The average molecular weight is 506 g/mol. The van der Waals surface area contributed by atoms with Crippen molar-refractivity contribution in [2.24, 2.45) is 5.16 Å². The number of allylic oxidation sites excluding steroid dienone is 1. The molecule has 0 heterocycles. The van der Waals surface area contributed by atoms with Crippen molar-refractivity contribution in [3.63, 3.8) is 0 Å². The van der Waals surface area contributed by atoms with Crippen LogP contribution in [0.5, 0.6) is 0 Å². The van der Waals surface area contributed by atoms with Gasteiger partial charge >= 0.3 is 206 Å². The predicted molar refractivity (Wildman–Crippen MR) is 147 cm³/mol. The minimum absolute atomic E-state index is 0.461. The summed E-state index contributed by atoms with van der Waals surface area (Å²) < 4.78 is 5.27. The normalized spacial score (nSPS) is 11.7. The molecule has 4 aromatic rings. The molecule has 0 unspecified atom stereocenters. The van der Waals surface area contributed by atoms with Gasteiger partial charge in [-0.2, -0.15) is 0 Å². The Balaban J connectivity index is 1.90. The van der Waals surface area contributed by atoms with Gasteiger partial charge in [-0.15, -0.1) is 0 Å². The molecular formula is C31H31GeNO. The van der Waals surface area contributed by atoms with Crippen molar-refractivity contribution in [2.45, 2.75) is 25.9 Å². The van der Waals surface area contributed by atoms with Crippen LogP contribution < -0.4 is 13.2 Å². The molecular weight excluding hydrogens is 475 g/mol. The molecule has 2 nitrogen and oxygen atoms in total. The Morgan fingerprint density at radius 1 is 0.676 bits per heavy atom. The van der Waals surface area contributed by atoms with Crippen LogP contribution in [-0.4, -0.2) is 17.8 Å². The number of hydrogen-bond acceptors (Lipinski definition) is 2. The topological polar surface area (TPSA) is 21.6 Å². The molecule has 0 atom stereocenters. The van der Waals surface area contributed by atoms with E-state index in [0.717, 1.165) is 24.8 Å². The predicted octanol–water partition coefficient (Wildman–Crippen LogP) is 5.63. The van der Waals surface area contributed by atoms with Crippen LogP contribution in [0.2, 0.25) is 0 Å². The Kier molecular flexibility index (Phi) is 8.53. The summed E-state index contributed by atoms with van der Waals surface area (Å²) in [7, 11) is 0. The zero-order valence-corrected chi connectivity index (χ0v) is 21.6. The first-order valence-electron chi connectivity index (χ1n) is 11.9. The Bertz CT molecular complexity index is 1080.